The molecule has 0 atom stereocenters. The molecule has 26 heavy (non-hydrogen) atoms. The number of fused-ring (bicyclic) bond motifs is 1. The Morgan fingerprint density at radius 1 is 1.15 bits per heavy atom. The number of hydrogen-bond acceptors (Lipinski definition) is 3. The Bertz CT molecular complexity index is 958. The molecule has 1 aliphatic heterocycles. The van der Waals surface area contributed by atoms with Crippen molar-refractivity contribution in [2.75, 3.05) is 18.8 Å². The topological polar surface area (TPSA) is 90.2 Å². The van der Waals surface area contributed by atoms with E-state index in [1.807, 2.05) is 41.1 Å². The molecule has 0 unspecified atom stereocenters. The third-order valence-electron chi connectivity index (χ3n) is 5.15. The first kappa shape index (κ1) is 16.7. The summed E-state index contributed by atoms with van der Waals surface area (Å²) in [5.41, 5.74) is 15.1. The average molecular weight is 370 g/mol. The molecule has 0 radical (unpaired) electrons. The highest BCUT2D eigenvalue weighted by Crippen LogP contribution is 2.40. The molecule has 4 rings (SSSR count). The zero-order valence-electron chi connectivity index (χ0n) is 14.2. The lowest BCUT2D eigenvalue weighted by Gasteiger charge is -2.31. The van der Waals surface area contributed by atoms with Crippen molar-refractivity contribution in [2.45, 2.75) is 18.8 Å². The van der Waals surface area contributed by atoms with Crippen LogP contribution in [0.3, 0.4) is 0 Å². The van der Waals surface area contributed by atoms with E-state index >= 15 is 0 Å². The first-order valence-corrected chi connectivity index (χ1v) is 8.98. The number of nitrogens with zero attached hydrogens (tertiary/aromatic N) is 3. The molecule has 1 saturated heterocycles. The summed E-state index contributed by atoms with van der Waals surface area (Å²) < 4.78 is 2.02. The molecule has 2 amide bonds. The minimum Gasteiger partial charge on any atom is -0.385 e. The third-order valence-corrected chi connectivity index (χ3v) is 5.40. The number of aromatic nitrogens is 2. The van der Waals surface area contributed by atoms with Crippen molar-refractivity contribution in [1.82, 2.24) is 14.5 Å². The molecule has 1 aromatic carbocycles. The standard InChI is InChI=1S/C19H20ClN5O/c20-13-1-3-14(4-2-13)25-16-11-23-8-5-15(16)17(18(25)21)12-6-9-24(10-7-12)19(22)26/h1-5,8,11-12H,6-7,9-10,21H2,(H2,22,26). The molecule has 0 saturated carbocycles. The number of hydrogen-bond donors (Lipinski definition) is 2. The van der Waals surface area contributed by atoms with Crippen LogP contribution in [0, 0.1) is 0 Å². The summed E-state index contributed by atoms with van der Waals surface area (Å²) in [5, 5.41) is 1.78. The molecule has 6 nitrogen and oxygen atoms in total. The van der Waals surface area contributed by atoms with Crippen LogP contribution in [0.2, 0.25) is 5.02 Å². The van der Waals surface area contributed by atoms with Gasteiger partial charge in [-0.3, -0.25) is 9.55 Å². The lowest BCUT2D eigenvalue weighted by Crippen LogP contribution is -2.41. The predicted molar refractivity (Wildman–Crippen MR) is 104 cm³/mol. The lowest BCUT2D eigenvalue weighted by atomic mass is 9.89. The van der Waals surface area contributed by atoms with Gasteiger partial charge in [-0.2, -0.15) is 0 Å². The van der Waals surface area contributed by atoms with Gasteiger partial charge in [-0.05, 0) is 49.1 Å². The van der Waals surface area contributed by atoms with E-state index in [2.05, 4.69) is 4.98 Å². The van der Waals surface area contributed by atoms with Crippen molar-refractivity contribution < 1.29 is 4.79 Å². The van der Waals surface area contributed by atoms with E-state index < -0.39 is 0 Å². The number of carbonyl (C=O) groups excluding carboxylic acids is 1. The molecular weight excluding hydrogens is 350 g/mol. The number of benzene rings is 1. The number of pyridine rings is 1. The van der Waals surface area contributed by atoms with Crippen LogP contribution in [0.15, 0.2) is 42.7 Å². The molecule has 3 heterocycles. The smallest absolute Gasteiger partial charge is 0.314 e. The molecule has 3 aromatic rings. The van der Waals surface area contributed by atoms with Gasteiger partial charge in [0.05, 0.1) is 11.7 Å². The van der Waals surface area contributed by atoms with E-state index in [9.17, 15) is 4.79 Å². The third kappa shape index (κ3) is 2.76. The number of nitrogen functional groups attached to an aromatic ring is 1. The Morgan fingerprint density at radius 3 is 2.50 bits per heavy atom. The van der Waals surface area contributed by atoms with E-state index in [4.69, 9.17) is 23.1 Å². The van der Waals surface area contributed by atoms with Gasteiger partial charge in [0.2, 0.25) is 0 Å². The van der Waals surface area contributed by atoms with Gasteiger partial charge in [-0.15, -0.1) is 0 Å². The number of amides is 2. The first-order valence-electron chi connectivity index (χ1n) is 8.60. The maximum atomic E-state index is 11.4. The van der Waals surface area contributed by atoms with Gasteiger partial charge in [0.15, 0.2) is 0 Å². The van der Waals surface area contributed by atoms with Crippen LogP contribution in [0.5, 0.6) is 0 Å². The van der Waals surface area contributed by atoms with E-state index in [0.29, 0.717) is 23.9 Å². The Morgan fingerprint density at radius 2 is 1.85 bits per heavy atom. The zero-order chi connectivity index (χ0) is 18.3. The van der Waals surface area contributed by atoms with Gasteiger partial charge in [0, 0.05) is 40.9 Å². The molecule has 1 aliphatic rings. The molecule has 7 heteroatoms. The van der Waals surface area contributed by atoms with Crippen molar-refractivity contribution in [2.24, 2.45) is 5.73 Å². The minimum atomic E-state index is -0.357. The number of carbonyl (C=O) groups is 1. The summed E-state index contributed by atoms with van der Waals surface area (Å²) in [6.45, 7) is 1.30. The second-order valence-electron chi connectivity index (χ2n) is 6.60. The highest BCUT2D eigenvalue weighted by atomic mass is 35.5. The Labute approximate surface area is 156 Å². The van der Waals surface area contributed by atoms with Gasteiger partial charge in [-0.1, -0.05) is 11.6 Å². The van der Waals surface area contributed by atoms with Crippen LogP contribution in [0.4, 0.5) is 10.6 Å². The van der Waals surface area contributed by atoms with Crippen LogP contribution in [0.1, 0.15) is 24.3 Å². The van der Waals surface area contributed by atoms with E-state index in [0.717, 1.165) is 35.0 Å². The van der Waals surface area contributed by atoms with Gasteiger partial charge in [0.1, 0.15) is 5.82 Å². The Kier molecular flexibility index (Phi) is 4.20. The summed E-state index contributed by atoms with van der Waals surface area (Å²) in [5.74, 6) is 0.997. The largest absolute Gasteiger partial charge is 0.385 e. The molecule has 0 bridgehead atoms. The van der Waals surface area contributed by atoms with Crippen LogP contribution < -0.4 is 11.5 Å². The monoisotopic (exact) mass is 369 g/mol. The van der Waals surface area contributed by atoms with Crippen molar-refractivity contribution in [3.63, 3.8) is 0 Å². The minimum absolute atomic E-state index is 0.282. The summed E-state index contributed by atoms with van der Waals surface area (Å²) in [7, 11) is 0. The quantitative estimate of drug-likeness (QED) is 0.724. The fourth-order valence-corrected chi connectivity index (χ4v) is 3.99. The van der Waals surface area contributed by atoms with E-state index in [1.165, 1.54) is 0 Å². The van der Waals surface area contributed by atoms with Crippen LogP contribution in [0.25, 0.3) is 16.6 Å². The van der Waals surface area contributed by atoms with Crippen LogP contribution in [-0.4, -0.2) is 33.6 Å². The molecule has 0 aliphatic carbocycles. The number of rotatable bonds is 2. The highest BCUT2D eigenvalue weighted by molar-refractivity contribution is 6.30. The molecule has 0 spiro atoms. The summed E-state index contributed by atoms with van der Waals surface area (Å²) in [6, 6.07) is 9.25. The number of primary amides is 1. The average Bonchev–Trinajstić information content (AvgIpc) is 2.94. The van der Waals surface area contributed by atoms with E-state index in [1.54, 1.807) is 11.1 Å². The number of nitrogens with two attached hydrogens (primary N) is 2. The summed E-state index contributed by atoms with van der Waals surface area (Å²) in [6.07, 6.45) is 5.31. The zero-order valence-corrected chi connectivity index (χ0v) is 15.0. The summed E-state index contributed by atoms with van der Waals surface area (Å²) >= 11 is 6.03. The number of urea groups is 1. The van der Waals surface area contributed by atoms with Gasteiger partial charge in [-0.25, -0.2) is 4.79 Å². The second-order valence-corrected chi connectivity index (χ2v) is 7.04. The maximum absolute atomic E-state index is 11.4. The van der Waals surface area contributed by atoms with E-state index in [-0.39, 0.29) is 11.9 Å². The molecular formula is C19H20ClN5O. The second kappa shape index (κ2) is 6.53. The van der Waals surface area contributed by atoms with Crippen LogP contribution in [-0.2, 0) is 0 Å². The number of piperidine rings is 1. The maximum Gasteiger partial charge on any atom is 0.314 e. The molecule has 4 N–H and O–H groups in total. The van der Waals surface area contributed by atoms with Crippen molar-refractivity contribution in [3.05, 3.63) is 53.3 Å². The molecule has 134 valence electrons. The summed E-state index contributed by atoms with van der Waals surface area (Å²) in [4.78, 5) is 17.4. The Balaban J connectivity index is 1.80. The predicted octanol–water partition coefficient (Wildman–Crippen LogP) is 3.52. The SMILES string of the molecule is NC(=O)N1CCC(c2c(N)n(-c3ccc(Cl)cc3)c3cnccc23)CC1. The van der Waals surface area contributed by atoms with Gasteiger partial charge >= 0.3 is 6.03 Å². The first-order chi connectivity index (χ1) is 12.6. The highest BCUT2D eigenvalue weighted by Gasteiger charge is 2.28. The molecule has 2 aromatic heterocycles. The fraction of sp³-hybridized carbons (Fsp3) is 0.263. The van der Waals surface area contributed by atoms with Crippen molar-refractivity contribution in [1.29, 1.82) is 0 Å². The number of halogens is 1. The van der Waals surface area contributed by atoms with Crippen molar-refractivity contribution >= 4 is 34.4 Å². The van der Waals surface area contributed by atoms with Crippen molar-refractivity contribution in [3.8, 4) is 5.69 Å². The number of anilines is 1. The normalized spacial score (nSPS) is 15.5. The van der Waals surface area contributed by atoms with Crippen LogP contribution >= 0.6 is 11.6 Å². The number of likely N-dealkylation sites (tertiary alicyclic amines) is 1. The van der Waals surface area contributed by atoms with Gasteiger partial charge < -0.3 is 16.4 Å². The Hall–Kier alpha value is -2.73. The van der Waals surface area contributed by atoms with Gasteiger partial charge in [0.25, 0.3) is 0 Å². The lowest BCUT2D eigenvalue weighted by molar-refractivity contribution is 0.191. The molecule has 1 fully saturated rings. The fourth-order valence-electron chi connectivity index (χ4n) is 3.87.